The Labute approximate surface area is 197 Å². The lowest BCUT2D eigenvalue weighted by atomic mass is 9.94. The molecule has 1 atom stereocenters. The number of rotatable bonds is 6. The molecule has 0 saturated carbocycles. The van der Waals surface area contributed by atoms with Crippen LogP contribution in [-0.2, 0) is 16.1 Å². The zero-order valence-corrected chi connectivity index (χ0v) is 19.0. The number of pyridine rings is 1. The van der Waals surface area contributed by atoms with E-state index in [1.54, 1.807) is 30.6 Å². The molecule has 1 aliphatic heterocycles. The lowest BCUT2D eigenvalue weighted by molar-refractivity contribution is -0.140. The number of aryl methyl sites for hydroxylation is 1. The average molecular weight is 463 g/mol. The quantitative estimate of drug-likeness (QED) is 0.314. The Morgan fingerprint density at radius 2 is 1.91 bits per heavy atom. The van der Waals surface area contributed by atoms with Gasteiger partial charge in [-0.1, -0.05) is 47.5 Å². The van der Waals surface area contributed by atoms with Crippen LogP contribution >= 0.6 is 11.6 Å². The minimum absolute atomic E-state index is 0.0213. The van der Waals surface area contributed by atoms with Crippen LogP contribution in [0.1, 0.15) is 35.2 Å². The molecule has 1 saturated heterocycles. The van der Waals surface area contributed by atoms with E-state index in [0.717, 1.165) is 16.7 Å². The fourth-order valence-corrected chi connectivity index (χ4v) is 4.14. The van der Waals surface area contributed by atoms with E-state index < -0.39 is 17.7 Å². The second kappa shape index (κ2) is 9.46. The molecule has 168 valence electrons. The molecular formula is C26H23ClN2O4. The summed E-state index contributed by atoms with van der Waals surface area (Å²) < 4.78 is 5.46. The third-order valence-corrected chi connectivity index (χ3v) is 5.81. The monoisotopic (exact) mass is 462 g/mol. The van der Waals surface area contributed by atoms with Gasteiger partial charge in [-0.3, -0.25) is 14.6 Å². The van der Waals surface area contributed by atoms with Gasteiger partial charge in [0.2, 0.25) is 0 Å². The molecule has 2 aromatic carbocycles. The number of carbonyl (C=O) groups is 2. The molecule has 0 radical (unpaired) electrons. The zero-order chi connectivity index (χ0) is 23.5. The molecule has 1 fully saturated rings. The maximum absolute atomic E-state index is 13.1. The van der Waals surface area contributed by atoms with Gasteiger partial charge in [-0.25, -0.2) is 0 Å². The van der Waals surface area contributed by atoms with E-state index in [9.17, 15) is 14.7 Å². The Balaban J connectivity index is 1.84. The van der Waals surface area contributed by atoms with E-state index >= 15 is 0 Å². The number of likely N-dealkylation sites (tertiary alicyclic amines) is 1. The van der Waals surface area contributed by atoms with Gasteiger partial charge in [0, 0.05) is 24.5 Å². The Morgan fingerprint density at radius 1 is 1.15 bits per heavy atom. The summed E-state index contributed by atoms with van der Waals surface area (Å²) in [5.41, 5.74) is 2.90. The summed E-state index contributed by atoms with van der Waals surface area (Å²) in [5, 5.41) is 11.5. The molecule has 2 heterocycles. The Bertz CT molecular complexity index is 1220. The molecule has 3 aromatic rings. The normalized spacial score (nSPS) is 17.4. The van der Waals surface area contributed by atoms with E-state index in [4.69, 9.17) is 16.3 Å². The highest BCUT2D eigenvalue weighted by Gasteiger charge is 2.46. The minimum atomic E-state index is -0.754. The highest BCUT2D eigenvalue weighted by molar-refractivity contribution is 6.46. The van der Waals surface area contributed by atoms with Crippen LogP contribution in [0.25, 0.3) is 5.76 Å². The van der Waals surface area contributed by atoms with Gasteiger partial charge in [0.25, 0.3) is 11.7 Å². The Morgan fingerprint density at radius 3 is 2.55 bits per heavy atom. The number of Topliss-reactive ketones (excluding diaryl/α,β-unsaturated/α-hetero) is 1. The first kappa shape index (κ1) is 22.6. The number of amides is 1. The smallest absolute Gasteiger partial charge is 0.295 e. The third kappa shape index (κ3) is 4.47. The molecule has 1 unspecified atom stereocenters. The van der Waals surface area contributed by atoms with Gasteiger partial charge in [-0.2, -0.15) is 0 Å². The number of ketones is 1. The van der Waals surface area contributed by atoms with Crippen molar-refractivity contribution in [2.75, 3.05) is 6.61 Å². The molecular weight excluding hydrogens is 440 g/mol. The van der Waals surface area contributed by atoms with Gasteiger partial charge >= 0.3 is 0 Å². The van der Waals surface area contributed by atoms with Crippen molar-refractivity contribution >= 4 is 29.1 Å². The van der Waals surface area contributed by atoms with Crippen molar-refractivity contribution in [3.05, 3.63) is 99.8 Å². The number of ether oxygens (including phenoxy) is 1. The summed E-state index contributed by atoms with van der Waals surface area (Å²) in [6.07, 6.45) is 3.29. The van der Waals surface area contributed by atoms with Gasteiger partial charge < -0.3 is 14.7 Å². The van der Waals surface area contributed by atoms with E-state index in [1.165, 1.54) is 11.0 Å². The van der Waals surface area contributed by atoms with Gasteiger partial charge in [-0.15, -0.1) is 0 Å². The SMILES string of the molecule is CCOc1ccc(C(O)=C2C(=O)C(=O)N(Cc3cccnc3)C2c2ccc(C)cc2)cc1Cl. The van der Waals surface area contributed by atoms with Crippen molar-refractivity contribution in [2.24, 2.45) is 0 Å². The average Bonchev–Trinajstić information content (AvgIpc) is 3.06. The number of halogens is 1. The molecule has 4 rings (SSSR count). The van der Waals surface area contributed by atoms with Crippen molar-refractivity contribution in [2.45, 2.75) is 26.4 Å². The van der Waals surface area contributed by atoms with E-state index in [0.29, 0.717) is 22.9 Å². The summed E-state index contributed by atoms with van der Waals surface area (Å²) in [6, 6.07) is 15.2. The number of aromatic nitrogens is 1. The van der Waals surface area contributed by atoms with Crippen LogP contribution in [0.4, 0.5) is 0 Å². The minimum Gasteiger partial charge on any atom is -0.507 e. The molecule has 0 bridgehead atoms. The second-order valence-corrected chi connectivity index (χ2v) is 8.18. The largest absolute Gasteiger partial charge is 0.507 e. The van der Waals surface area contributed by atoms with Gasteiger partial charge in [-0.05, 0) is 49.2 Å². The summed E-state index contributed by atoms with van der Waals surface area (Å²) >= 11 is 6.30. The topological polar surface area (TPSA) is 79.7 Å². The fourth-order valence-electron chi connectivity index (χ4n) is 3.90. The first-order chi connectivity index (χ1) is 15.9. The van der Waals surface area contributed by atoms with Crippen LogP contribution in [0.5, 0.6) is 5.75 Å². The Kier molecular flexibility index (Phi) is 6.47. The molecule has 33 heavy (non-hydrogen) atoms. The lowest BCUT2D eigenvalue weighted by Crippen LogP contribution is -2.29. The van der Waals surface area contributed by atoms with Crippen molar-refractivity contribution in [3.8, 4) is 5.75 Å². The summed E-state index contributed by atoms with van der Waals surface area (Å²) in [4.78, 5) is 31.8. The molecule has 1 aromatic heterocycles. The van der Waals surface area contributed by atoms with E-state index in [2.05, 4.69) is 4.98 Å². The molecule has 1 amide bonds. The maximum Gasteiger partial charge on any atom is 0.295 e. The standard InChI is InChI=1S/C26H23ClN2O4/c1-3-33-21-11-10-19(13-20(21)27)24(30)22-23(18-8-6-16(2)7-9-18)29(26(32)25(22)31)15-17-5-4-12-28-14-17/h4-14,23,30H,3,15H2,1-2H3. The number of hydrogen-bond donors (Lipinski definition) is 1. The van der Waals surface area contributed by atoms with Crippen molar-refractivity contribution < 1.29 is 19.4 Å². The lowest BCUT2D eigenvalue weighted by Gasteiger charge is -2.25. The molecule has 7 heteroatoms. The van der Waals surface area contributed by atoms with Crippen LogP contribution in [0.2, 0.25) is 5.02 Å². The van der Waals surface area contributed by atoms with Crippen LogP contribution in [0, 0.1) is 6.92 Å². The predicted octanol–water partition coefficient (Wildman–Crippen LogP) is 5.06. The number of carbonyl (C=O) groups excluding carboxylic acids is 2. The molecule has 1 aliphatic rings. The van der Waals surface area contributed by atoms with Crippen molar-refractivity contribution in [1.29, 1.82) is 0 Å². The van der Waals surface area contributed by atoms with Crippen molar-refractivity contribution in [3.63, 3.8) is 0 Å². The molecule has 6 nitrogen and oxygen atoms in total. The number of aliphatic hydroxyl groups is 1. The number of aliphatic hydroxyl groups excluding tert-OH is 1. The Hall–Kier alpha value is -3.64. The maximum atomic E-state index is 13.1. The molecule has 0 aliphatic carbocycles. The van der Waals surface area contributed by atoms with Crippen LogP contribution in [0.15, 0.2) is 72.6 Å². The highest BCUT2D eigenvalue weighted by atomic mass is 35.5. The summed E-state index contributed by atoms with van der Waals surface area (Å²) in [5.74, 6) is -1.23. The third-order valence-electron chi connectivity index (χ3n) is 5.51. The van der Waals surface area contributed by atoms with Crippen molar-refractivity contribution in [1.82, 2.24) is 9.88 Å². The van der Waals surface area contributed by atoms with Crippen LogP contribution < -0.4 is 4.74 Å². The van der Waals surface area contributed by atoms with Gasteiger partial charge in [0.1, 0.15) is 11.5 Å². The first-order valence-electron chi connectivity index (χ1n) is 10.6. The summed E-state index contributed by atoms with van der Waals surface area (Å²) in [7, 11) is 0. The highest BCUT2D eigenvalue weighted by Crippen LogP contribution is 2.41. The van der Waals surface area contributed by atoms with Crippen LogP contribution in [0.3, 0.4) is 0 Å². The van der Waals surface area contributed by atoms with E-state index in [1.807, 2.05) is 44.2 Å². The van der Waals surface area contributed by atoms with Crippen LogP contribution in [-0.4, -0.2) is 33.3 Å². The second-order valence-electron chi connectivity index (χ2n) is 7.78. The molecule has 1 N–H and O–H groups in total. The zero-order valence-electron chi connectivity index (χ0n) is 18.3. The molecule has 0 spiro atoms. The summed E-state index contributed by atoms with van der Waals surface area (Å²) in [6.45, 7) is 4.42. The number of nitrogens with zero attached hydrogens (tertiary/aromatic N) is 2. The number of benzene rings is 2. The predicted molar refractivity (Wildman–Crippen MR) is 126 cm³/mol. The first-order valence-corrected chi connectivity index (χ1v) is 10.9. The van der Waals surface area contributed by atoms with Gasteiger partial charge in [0.15, 0.2) is 0 Å². The fraction of sp³-hybridized carbons (Fsp3) is 0.192. The van der Waals surface area contributed by atoms with Gasteiger partial charge in [0.05, 0.1) is 23.2 Å². The number of hydrogen-bond acceptors (Lipinski definition) is 5. The van der Waals surface area contributed by atoms with E-state index in [-0.39, 0.29) is 17.9 Å².